The van der Waals surface area contributed by atoms with Crippen LogP contribution in [0.1, 0.15) is 24.8 Å². The van der Waals surface area contributed by atoms with E-state index < -0.39 is 0 Å². The van der Waals surface area contributed by atoms with Crippen molar-refractivity contribution in [2.75, 3.05) is 7.11 Å². The number of carbonyl (C=O) groups is 1. The number of hydrogen-bond acceptors (Lipinski definition) is 4. The van der Waals surface area contributed by atoms with Crippen LogP contribution >= 0.6 is 0 Å². The maximum atomic E-state index is 12.2. The summed E-state index contributed by atoms with van der Waals surface area (Å²) in [5, 5.41) is 0. The van der Waals surface area contributed by atoms with Crippen LogP contribution in [0.3, 0.4) is 0 Å². The van der Waals surface area contributed by atoms with Gasteiger partial charge in [0.25, 0.3) is 0 Å². The van der Waals surface area contributed by atoms with Gasteiger partial charge in [0.1, 0.15) is 12.4 Å². The van der Waals surface area contributed by atoms with Crippen molar-refractivity contribution in [3.8, 4) is 5.75 Å². The molecule has 108 valence electrons. The van der Waals surface area contributed by atoms with E-state index in [1.165, 1.54) is 6.42 Å². The molecule has 0 spiro atoms. The van der Waals surface area contributed by atoms with Gasteiger partial charge < -0.3 is 15.2 Å². The second-order valence-corrected chi connectivity index (χ2v) is 5.90. The highest BCUT2D eigenvalue weighted by atomic mass is 16.5. The predicted octanol–water partition coefficient (Wildman–Crippen LogP) is 2.11. The first kappa shape index (κ1) is 13.4. The second kappa shape index (κ2) is 5.44. The number of methoxy groups -OCH3 is 1. The largest absolute Gasteiger partial charge is 0.497 e. The minimum Gasteiger partial charge on any atom is -0.497 e. The molecule has 2 bridgehead atoms. The molecule has 0 aromatic heterocycles. The fourth-order valence-corrected chi connectivity index (χ4v) is 3.70. The number of ether oxygens (including phenoxy) is 2. The van der Waals surface area contributed by atoms with Gasteiger partial charge in [-0.1, -0.05) is 12.1 Å². The summed E-state index contributed by atoms with van der Waals surface area (Å²) in [6, 6.07) is 7.57. The van der Waals surface area contributed by atoms with Gasteiger partial charge in [0, 0.05) is 6.04 Å². The van der Waals surface area contributed by atoms with E-state index in [9.17, 15) is 4.79 Å². The van der Waals surface area contributed by atoms with Crippen molar-refractivity contribution < 1.29 is 14.3 Å². The standard InChI is InChI=1S/C16H21NO3/c1-19-13-4-2-3-10(7-13)9-20-16(18)14-11-5-6-12(8-11)15(14)17/h2-4,7,11-12,14-15H,5-6,8-9,17H2,1H3. The molecule has 20 heavy (non-hydrogen) atoms. The zero-order valence-corrected chi connectivity index (χ0v) is 11.7. The Kier molecular flexibility index (Phi) is 3.66. The molecule has 4 atom stereocenters. The van der Waals surface area contributed by atoms with Crippen LogP contribution < -0.4 is 10.5 Å². The number of fused-ring (bicyclic) bond motifs is 2. The number of hydrogen-bond donors (Lipinski definition) is 1. The van der Waals surface area contributed by atoms with Crippen molar-refractivity contribution in [3.63, 3.8) is 0 Å². The molecule has 4 unspecified atom stereocenters. The third-order valence-electron chi connectivity index (χ3n) is 4.77. The minimum atomic E-state index is -0.132. The molecule has 0 amide bonds. The third kappa shape index (κ3) is 2.40. The van der Waals surface area contributed by atoms with Gasteiger partial charge in [0.2, 0.25) is 0 Å². The van der Waals surface area contributed by atoms with E-state index in [1.807, 2.05) is 24.3 Å². The van der Waals surface area contributed by atoms with Crippen LogP contribution in [0.5, 0.6) is 5.75 Å². The third-order valence-corrected chi connectivity index (χ3v) is 4.77. The van der Waals surface area contributed by atoms with E-state index in [2.05, 4.69) is 0 Å². The van der Waals surface area contributed by atoms with Crippen LogP contribution in [0.25, 0.3) is 0 Å². The molecule has 0 aliphatic heterocycles. The van der Waals surface area contributed by atoms with E-state index >= 15 is 0 Å². The number of esters is 1. The highest BCUT2D eigenvalue weighted by Gasteiger charge is 2.49. The summed E-state index contributed by atoms with van der Waals surface area (Å²) in [6.45, 7) is 0.288. The Bertz CT molecular complexity index is 500. The van der Waals surface area contributed by atoms with Gasteiger partial charge in [0.05, 0.1) is 13.0 Å². The number of carbonyl (C=O) groups excluding carboxylic acids is 1. The highest BCUT2D eigenvalue weighted by Crippen LogP contribution is 2.48. The van der Waals surface area contributed by atoms with E-state index in [0.717, 1.165) is 24.2 Å². The quantitative estimate of drug-likeness (QED) is 0.855. The first-order valence-electron chi connectivity index (χ1n) is 7.24. The molecular weight excluding hydrogens is 254 g/mol. The van der Waals surface area contributed by atoms with Crippen LogP contribution in [0.4, 0.5) is 0 Å². The summed E-state index contributed by atoms with van der Waals surface area (Å²) in [5.74, 6) is 1.50. The Hall–Kier alpha value is -1.55. The lowest BCUT2D eigenvalue weighted by Crippen LogP contribution is -2.40. The van der Waals surface area contributed by atoms with Gasteiger partial charge >= 0.3 is 5.97 Å². The van der Waals surface area contributed by atoms with Crippen LogP contribution in [0, 0.1) is 17.8 Å². The summed E-state index contributed by atoms with van der Waals surface area (Å²) in [7, 11) is 1.62. The number of rotatable bonds is 4. The molecule has 2 N–H and O–H groups in total. The SMILES string of the molecule is COc1cccc(COC(=O)C2C3CCC(C3)C2N)c1. The molecule has 0 saturated heterocycles. The van der Waals surface area contributed by atoms with Gasteiger partial charge in [-0.15, -0.1) is 0 Å². The smallest absolute Gasteiger partial charge is 0.311 e. The lowest BCUT2D eigenvalue weighted by atomic mass is 9.85. The van der Waals surface area contributed by atoms with Gasteiger partial charge in [-0.2, -0.15) is 0 Å². The molecule has 2 aliphatic carbocycles. The van der Waals surface area contributed by atoms with Gasteiger partial charge in [-0.05, 0) is 48.8 Å². The molecule has 2 fully saturated rings. The summed E-state index contributed by atoms with van der Waals surface area (Å²) in [6.07, 6.45) is 3.39. The average molecular weight is 275 g/mol. The van der Waals surface area contributed by atoms with Gasteiger partial charge in [-0.25, -0.2) is 0 Å². The Morgan fingerprint density at radius 3 is 2.85 bits per heavy atom. The summed E-state index contributed by atoms with van der Waals surface area (Å²) in [5.41, 5.74) is 7.10. The van der Waals surface area contributed by atoms with Crippen molar-refractivity contribution in [3.05, 3.63) is 29.8 Å². The maximum absolute atomic E-state index is 12.2. The molecule has 4 nitrogen and oxygen atoms in total. The predicted molar refractivity (Wildman–Crippen MR) is 75.1 cm³/mol. The molecule has 0 radical (unpaired) electrons. The maximum Gasteiger partial charge on any atom is 0.311 e. The fraction of sp³-hybridized carbons (Fsp3) is 0.562. The average Bonchev–Trinajstić information content (AvgIpc) is 3.06. The van der Waals surface area contributed by atoms with Gasteiger partial charge in [0.15, 0.2) is 0 Å². The molecule has 2 saturated carbocycles. The molecule has 1 aromatic rings. The Labute approximate surface area is 119 Å². The number of nitrogens with two attached hydrogens (primary N) is 1. The van der Waals surface area contributed by atoms with E-state index in [0.29, 0.717) is 11.8 Å². The van der Waals surface area contributed by atoms with Crippen molar-refractivity contribution in [1.29, 1.82) is 0 Å². The highest BCUT2D eigenvalue weighted by molar-refractivity contribution is 5.74. The molecule has 0 heterocycles. The topological polar surface area (TPSA) is 61.5 Å². The summed E-state index contributed by atoms with van der Waals surface area (Å²) in [4.78, 5) is 12.2. The van der Waals surface area contributed by atoms with E-state index in [4.69, 9.17) is 15.2 Å². The van der Waals surface area contributed by atoms with Crippen LogP contribution in [0.2, 0.25) is 0 Å². The number of benzene rings is 1. The molecule has 2 aliphatic rings. The first-order chi connectivity index (χ1) is 9.69. The minimum absolute atomic E-state index is 0.00782. The van der Waals surface area contributed by atoms with E-state index in [-0.39, 0.29) is 24.5 Å². The normalized spacial score (nSPS) is 31.3. The monoisotopic (exact) mass is 275 g/mol. The Morgan fingerprint density at radius 1 is 1.35 bits per heavy atom. The zero-order chi connectivity index (χ0) is 14.1. The molecular formula is C16H21NO3. The van der Waals surface area contributed by atoms with Crippen LogP contribution in [-0.2, 0) is 16.1 Å². The lowest BCUT2D eigenvalue weighted by molar-refractivity contribution is -0.152. The molecule has 1 aromatic carbocycles. The molecule has 4 heteroatoms. The first-order valence-corrected chi connectivity index (χ1v) is 7.24. The fourth-order valence-electron chi connectivity index (χ4n) is 3.70. The van der Waals surface area contributed by atoms with Crippen LogP contribution in [0.15, 0.2) is 24.3 Å². The lowest BCUT2D eigenvalue weighted by Gasteiger charge is -2.26. The van der Waals surface area contributed by atoms with Crippen molar-refractivity contribution >= 4 is 5.97 Å². The zero-order valence-electron chi connectivity index (χ0n) is 11.7. The van der Waals surface area contributed by atoms with Crippen molar-refractivity contribution in [2.45, 2.75) is 31.9 Å². The summed E-state index contributed by atoms with van der Waals surface area (Å²) < 4.78 is 10.6. The Morgan fingerprint density at radius 2 is 2.15 bits per heavy atom. The van der Waals surface area contributed by atoms with Gasteiger partial charge in [-0.3, -0.25) is 4.79 Å². The second-order valence-electron chi connectivity index (χ2n) is 5.90. The Balaban J connectivity index is 1.59. The van der Waals surface area contributed by atoms with Crippen molar-refractivity contribution in [2.24, 2.45) is 23.5 Å². The van der Waals surface area contributed by atoms with Crippen molar-refractivity contribution in [1.82, 2.24) is 0 Å². The van der Waals surface area contributed by atoms with E-state index in [1.54, 1.807) is 7.11 Å². The summed E-state index contributed by atoms with van der Waals surface area (Å²) >= 11 is 0. The van der Waals surface area contributed by atoms with Crippen LogP contribution in [-0.4, -0.2) is 19.1 Å². The molecule has 3 rings (SSSR count).